The third-order valence-corrected chi connectivity index (χ3v) is 3.59. The molecule has 1 aromatic carbocycles. The molecule has 4 nitrogen and oxygen atoms in total. The van der Waals surface area contributed by atoms with E-state index in [1.54, 1.807) is 26.0 Å². The molecule has 0 fully saturated rings. The Hall–Kier alpha value is -1.55. The highest BCUT2D eigenvalue weighted by molar-refractivity contribution is 5.73. The van der Waals surface area contributed by atoms with Gasteiger partial charge in [-0.15, -0.1) is 0 Å². The normalized spacial score (nSPS) is 15.4. The summed E-state index contributed by atoms with van der Waals surface area (Å²) in [5.74, 6) is -0.635. The number of aryl methyl sites for hydroxylation is 1. The van der Waals surface area contributed by atoms with Crippen LogP contribution in [0.1, 0.15) is 39.2 Å². The summed E-state index contributed by atoms with van der Waals surface area (Å²) in [5.41, 5.74) is -0.0828. The lowest BCUT2D eigenvalue weighted by Gasteiger charge is -2.30. The van der Waals surface area contributed by atoms with Crippen LogP contribution in [0.4, 0.5) is 0 Å². The van der Waals surface area contributed by atoms with Crippen LogP contribution in [0.2, 0.25) is 0 Å². The van der Waals surface area contributed by atoms with Crippen molar-refractivity contribution in [2.24, 2.45) is 5.92 Å². The zero-order chi connectivity index (χ0) is 15.2. The molecule has 4 heteroatoms. The molecular formula is C16H24O4. The minimum Gasteiger partial charge on any atom is -0.508 e. The van der Waals surface area contributed by atoms with Gasteiger partial charge in [0, 0.05) is 0 Å². The molecule has 0 aliphatic rings. The minimum absolute atomic E-state index is 0.221. The average Bonchev–Trinajstić information content (AvgIpc) is 2.39. The Morgan fingerprint density at radius 2 is 1.90 bits per heavy atom. The van der Waals surface area contributed by atoms with Crippen LogP contribution in [0.3, 0.4) is 0 Å². The first-order valence-electron chi connectivity index (χ1n) is 7.07. The van der Waals surface area contributed by atoms with Gasteiger partial charge in [0.05, 0.1) is 18.1 Å². The van der Waals surface area contributed by atoms with E-state index in [0.717, 1.165) is 5.56 Å². The first kappa shape index (κ1) is 16.5. The van der Waals surface area contributed by atoms with Crippen molar-refractivity contribution in [2.75, 3.05) is 6.61 Å². The molecule has 112 valence electrons. The highest BCUT2D eigenvalue weighted by Gasteiger charge is 2.36. The molecule has 0 aromatic heterocycles. The lowest BCUT2D eigenvalue weighted by atomic mass is 9.82. The standard InChI is InChI=1S/C16H24O4/c1-4-14(15(18)20-5-2)16(3,19)11-10-12-6-8-13(17)9-7-12/h6-9,14,17,19H,4-5,10-11H2,1-3H3. The summed E-state index contributed by atoms with van der Waals surface area (Å²) in [6, 6.07) is 6.87. The van der Waals surface area contributed by atoms with Gasteiger partial charge in [0.1, 0.15) is 5.75 Å². The van der Waals surface area contributed by atoms with Crippen molar-refractivity contribution < 1.29 is 19.7 Å². The zero-order valence-corrected chi connectivity index (χ0v) is 12.4. The summed E-state index contributed by atoms with van der Waals surface area (Å²) in [6.07, 6.45) is 1.65. The van der Waals surface area contributed by atoms with Crippen molar-refractivity contribution in [2.45, 2.75) is 45.6 Å². The van der Waals surface area contributed by atoms with Crippen LogP contribution in [0.25, 0.3) is 0 Å². The zero-order valence-electron chi connectivity index (χ0n) is 12.4. The van der Waals surface area contributed by atoms with Crippen molar-refractivity contribution in [3.05, 3.63) is 29.8 Å². The van der Waals surface area contributed by atoms with Gasteiger partial charge in [0.25, 0.3) is 0 Å². The maximum Gasteiger partial charge on any atom is 0.311 e. The highest BCUT2D eigenvalue weighted by atomic mass is 16.5. The summed E-state index contributed by atoms with van der Waals surface area (Å²) in [4.78, 5) is 11.9. The lowest BCUT2D eigenvalue weighted by Crippen LogP contribution is -2.40. The number of benzene rings is 1. The second-order valence-corrected chi connectivity index (χ2v) is 5.24. The quantitative estimate of drug-likeness (QED) is 0.754. The number of rotatable bonds is 7. The van der Waals surface area contributed by atoms with Crippen molar-refractivity contribution >= 4 is 5.97 Å². The van der Waals surface area contributed by atoms with E-state index in [1.165, 1.54) is 0 Å². The molecule has 0 heterocycles. The number of carbonyl (C=O) groups excluding carboxylic acids is 1. The van der Waals surface area contributed by atoms with Crippen molar-refractivity contribution in [1.29, 1.82) is 0 Å². The monoisotopic (exact) mass is 280 g/mol. The van der Waals surface area contributed by atoms with Gasteiger partial charge in [-0.1, -0.05) is 19.1 Å². The minimum atomic E-state index is -1.10. The van der Waals surface area contributed by atoms with Crippen LogP contribution in [-0.2, 0) is 16.0 Å². The maximum atomic E-state index is 11.9. The fourth-order valence-corrected chi connectivity index (χ4v) is 2.34. The average molecular weight is 280 g/mol. The fraction of sp³-hybridized carbons (Fsp3) is 0.562. The van der Waals surface area contributed by atoms with E-state index in [0.29, 0.717) is 25.9 Å². The lowest BCUT2D eigenvalue weighted by molar-refractivity contribution is -0.158. The van der Waals surface area contributed by atoms with E-state index in [2.05, 4.69) is 0 Å². The molecule has 0 spiro atoms. The number of aromatic hydroxyl groups is 1. The fourth-order valence-electron chi connectivity index (χ4n) is 2.34. The molecule has 1 rings (SSSR count). The summed E-state index contributed by atoms with van der Waals surface area (Å²) in [7, 11) is 0. The highest BCUT2D eigenvalue weighted by Crippen LogP contribution is 2.27. The van der Waals surface area contributed by atoms with Gasteiger partial charge >= 0.3 is 5.97 Å². The maximum absolute atomic E-state index is 11.9. The van der Waals surface area contributed by atoms with Crippen LogP contribution in [0.5, 0.6) is 5.75 Å². The molecule has 0 bridgehead atoms. The smallest absolute Gasteiger partial charge is 0.311 e. The summed E-state index contributed by atoms with van der Waals surface area (Å²) < 4.78 is 5.02. The predicted molar refractivity (Wildman–Crippen MR) is 77.5 cm³/mol. The van der Waals surface area contributed by atoms with E-state index in [9.17, 15) is 15.0 Å². The Bertz CT molecular complexity index is 423. The van der Waals surface area contributed by atoms with E-state index in [1.807, 2.05) is 19.1 Å². The SMILES string of the molecule is CCOC(=O)C(CC)C(C)(O)CCc1ccc(O)cc1. The number of phenols is 1. The Morgan fingerprint density at radius 1 is 1.30 bits per heavy atom. The third kappa shape index (κ3) is 4.53. The van der Waals surface area contributed by atoms with Crippen molar-refractivity contribution in [3.8, 4) is 5.75 Å². The molecule has 2 atom stereocenters. The second kappa shape index (κ2) is 7.29. The van der Waals surface area contributed by atoms with Gasteiger partial charge in [-0.25, -0.2) is 0 Å². The topological polar surface area (TPSA) is 66.8 Å². The molecule has 0 radical (unpaired) electrons. The number of hydrogen-bond acceptors (Lipinski definition) is 4. The van der Waals surface area contributed by atoms with Crippen LogP contribution in [0, 0.1) is 5.92 Å². The number of hydrogen-bond donors (Lipinski definition) is 2. The first-order valence-corrected chi connectivity index (χ1v) is 7.07. The van der Waals surface area contributed by atoms with Crippen LogP contribution < -0.4 is 0 Å². The Balaban J connectivity index is 2.67. The molecule has 0 saturated heterocycles. The van der Waals surface area contributed by atoms with E-state index >= 15 is 0 Å². The molecule has 2 N–H and O–H groups in total. The third-order valence-electron chi connectivity index (χ3n) is 3.59. The van der Waals surface area contributed by atoms with Crippen LogP contribution in [-0.4, -0.2) is 28.4 Å². The number of aliphatic hydroxyl groups is 1. The number of phenolic OH excluding ortho intramolecular Hbond substituents is 1. The second-order valence-electron chi connectivity index (χ2n) is 5.24. The van der Waals surface area contributed by atoms with Gasteiger partial charge < -0.3 is 14.9 Å². The van der Waals surface area contributed by atoms with Gasteiger partial charge in [-0.2, -0.15) is 0 Å². The first-order chi connectivity index (χ1) is 9.40. The molecule has 2 unspecified atom stereocenters. The van der Waals surface area contributed by atoms with Gasteiger partial charge in [-0.3, -0.25) is 4.79 Å². The molecule has 1 aromatic rings. The van der Waals surface area contributed by atoms with Gasteiger partial charge in [-0.05, 0) is 50.8 Å². The van der Waals surface area contributed by atoms with Crippen LogP contribution >= 0.6 is 0 Å². The Labute approximate surface area is 120 Å². The van der Waals surface area contributed by atoms with E-state index < -0.39 is 11.5 Å². The predicted octanol–water partition coefficient (Wildman–Crippen LogP) is 2.67. The summed E-state index contributed by atoms with van der Waals surface area (Å²) in [5, 5.41) is 19.8. The molecular weight excluding hydrogens is 256 g/mol. The van der Waals surface area contributed by atoms with E-state index in [4.69, 9.17) is 4.74 Å². The molecule has 0 saturated carbocycles. The van der Waals surface area contributed by atoms with Crippen molar-refractivity contribution in [1.82, 2.24) is 0 Å². The molecule has 0 amide bonds. The number of esters is 1. The van der Waals surface area contributed by atoms with Gasteiger partial charge in [0.2, 0.25) is 0 Å². The van der Waals surface area contributed by atoms with Gasteiger partial charge in [0.15, 0.2) is 0 Å². The Morgan fingerprint density at radius 3 is 2.40 bits per heavy atom. The molecule has 0 aliphatic carbocycles. The van der Waals surface area contributed by atoms with Crippen molar-refractivity contribution in [3.63, 3.8) is 0 Å². The largest absolute Gasteiger partial charge is 0.508 e. The Kier molecular flexibility index (Phi) is 6.02. The molecule has 0 aliphatic heterocycles. The van der Waals surface area contributed by atoms with Crippen LogP contribution in [0.15, 0.2) is 24.3 Å². The number of carbonyl (C=O) groups is 1. The summed E-state index contributed by atoms with van der Waals surface area (Å²) >= 11 is 0. The summed E-state index contributed by atoms with van der Waals surface area (Å²) in [6.45, 7) is 5.63. The molecule has 20 heavy (non-hydrogen) atoms. The number of ether oxygens (including phenoxy) is 1. The van der Waals surface area contributed by atoms with E-state index in [-0.39, 0.29) is 11.7 Å².